The first-order valence-electron chi connectivity index (χ1n) is 5.33. The van der Waals surface area contributed by atoms with Crippen molar-refractivity contribution in [3.05, 3.63) is 17.7 Å². The SMILES string of the molecule is CCc1cn(C2CC2)c(C(C)(C)O)n1. The van der Waals surface area contributed by atoms with Crippen molar-refractivity contribution in [1.82, 2.24) is 9.55 Å². The van der Waals surface area contributed by atoms with Gasteiger partial charge in [0.15, 0.2) is 0 Å². The molecule has 0 radical (unpaired) electrons. The Bertz CT molecular complexity index is 332. The van der Waals surface area contributed by atoms with Gasteiger partial charge in [-0.2, -0.15) is 0 Å². The van der Waals surface area contributed by atoms with Gasteiger partial charge in [0.1, 0.15) is 11.4 Å². The van der Waals surface area contributed by atoms with E-state index in [1.807, 2.05) is 0 Å². The Morgan fingerprint density at radius 2 is 2.21 bits per heavy atom. The van der Waals surface area contributed by atoms with Crippen LogP contribution in [0.3, 0.4) is 0 Å². The van der Waals surface area contributed by atoms with E-state index < -0.39 is 5.60 Å². The minimum Gasteiger partial charge on any atom is -0.383 e. The standard InChI is InChI=1S/C11H18N2O/c1-4-8-7-13(9-5-6-9)10(12-8)11(2,3)14/h7,9,14H,4-6H2,1-3H3. The van der Waals surface area contributed by atoms with Crippen molar-refractivity contribution in [2.75, 3.05) is 0 Å². The molecule has 1 saturated carbocycles. The fourth-order valence-corrected chi connectivity index (χ4v) is 1.70. The molecule has 78 valence electrons. The summed E-state index contributed by atoms with van der Waals surface area (Å²) in [7, 11) is 0. The Morgan fingerprint density at radius 3 is 2.64 bits per heavy atom. The maximum atomic E-state index is 9.97. The summed E-state index contributed by atoms with van der Waals surface area (Å²) in [6, 6.07) is 0.587. The van der Waals surface area contributed by atoms with Crippen LogP contribution in [0.2, 0.25) is 0 Å². The van der Waals surface area contributed by atoms with Gasteiger partial charge in [-0.1, -0.05) is 6.92 Å². The van der Waals surface area contributed by atoms with Crippen LogP contribution in [0.1, 0.15) is 51.2 Å². The molecule has 1 aromatic rings. The van der Waals surface area contributed by atoms with Crippen LogP contribution in [0.4, 0.5) is 0 Å². The zero-order valence-corrected chi connectivity index (χ0v) is 9.12. The van der Waals surface area contributed by atoms with E-state index in [0.717, 1.165) is 17.9 Å². The average Bonchev–Trinajstić information content (AvgIpc) is 2.83. The summed E-state index contributed by atoms with van der Waals surface area (Å²) in [5.74, 6) is 0.817. The van der Waals surface area contributed by atoms with Crippen LogP contribution in [-0.2, 0) is 12.0 Å². The second-order valence-electron chi connectivity index (χ2n) is 4.61. The van der Waals surface area contributed by atoms with Gasteiger partial charge < -0.3 is 9.67 Å². The molecule has 3 heteroatoms. The average molecular weight is 194 g/mol. The zero-order chi connectivity index (χ0) is 10.3. The van der Waals surface area contributed by atoms with Crippen molar-refractivity contribution in [1.29, 1.82) is 0 Å². The molecule has 0 amide bonds. The molecule has 0 unspecified atom stereocenters. The Hall–Kier alpha value is -0.830. The number of rotatable bonds is 3. The van der Waals surface area contributed by atoms with Gasteiger partial charge in [0.2, 0.25) is 0 Å². The second-order valence-corrected chi connectivity index (χ2v) is 4.61. The van der Waals surface area contributed by atoms with Crippen molar-refractivity contribution in [2.24, 2.45) is 0 Å². The first-order chi connectivity index (χ1) is 6.52. The van der Waals surface area contributed by atoms with Crippen molar-refractivity contribution in [3.8, 4) is 0 Å². The summed E-state index contributed by atoms with van der Waals surface area (Å²) < 4.78 is 2.15. The normalized spacial score (nSPS) is 17.4. The highest BCUT2D eigenvalue weighted by Crippen LogP contribution is 2.38. The first kappa shape index (κ1) is 9.71. The van der Waals surface area contributed by atoms with E-state index in [2.05, 4.69) is 22.7 Å². The fourth-order valence-electron chi connectivity index (χ4n) is 1.70. The van der Waals surface area contributed by atoms with Crippen molar-refractivity contribution in [3.63, 3.8) is 0 Å². The summed E-state index contributed by atoms with van der Waals surface area (Å²) in [6.45, 7) is 5.69. The van der Waals surface area contributed by atoms with Gasteiger partial charge in [-0.05, 0) is 33.1 Å². The molecule has 0 bridgehead atoms. The third-order valence-corrected chi connectivity index (χ3v) is 2.63. The van der Waals surface area contributed by atoms with E-state index in [1.54, 1.807) is 13.8 Å². The van der Waals surface area contributed by atoms with Crippen LogP contribution in [0.5, 0.6) is 0 Å². The third kappa shape index (κ3) is 1.69. The molecular weight excluding hydrogens is 176 g/mol. The molecule has 0 atom stereocenters. The van der Waals surface area contributed by atoms with Gasteiger partial charge in [0, 0.05) is 12.2 Å². The minimum atomic E-state index is -0.823. The van der Waals surface area contributed by atoms with E-state index in [9.17, 15) is 5.11 Å². The lowest BCUT2D eigenvalue weighted by Crippen LogP contribution is -2.21. The van der Waals surface area contributed by atoms with Gasteiger partial charge in [-0.15, -0.1) is 0 Å². The predicted molar refractivity (Wildman–Crippen MR) is 55.1 cm³/mol. The molecule has 0 aromatic carbocycles. The van der Waals surface area contributed by atoms with Crippen LogP contribution in [0.25, 0.3) is 0 Å². The molecule has 3 nitrogen and oxygen atoms in total. The highest BCUT2D eigenvalue weighted by molar-refractivity contribution is 5.12. The number of aryl methyl sites for hydroxylation is 1. The monoisotopic (exact) mass is 194 g/mol. The summed E-state index contributed by atoms with van der Waals surface area (Å²) >= 11 is 0. The van der Waals surface area contributed by atoms with Crippen molar-refractivity contribution >= 4 is 0 Å². The zero-order valence-electron chi connectivity index (χ0n) is 9.12. The maximum absolute atomic E-state index is 9.97. The predicted octanol–water partition coefficient (Wildman–Crippen LogP) is 2.01. The third-order valence-electron chi connectivity index (χ3n) is 2.63. The van der Waals surface area contributed by atoms with E-state index in [-0.39, 0.29) is 0 Å². The first-order valence-corrected chi connectivity index (χ1v) is 5.33. The molecule has 1 aliphatic rings. The van der Waals surface area contributed by atoms with Gasteiger partial charge >= 0.3 is 0 Å². The van der Waals surface area contributed by atoms with E-state index >= 15 is 0 Å². The second kappa shape index (κ2) is 3.09. The van der Waals surface area contributed by atoms with E-state index in [1.165, 1.54) is 12.8 Å². The summed E-state index contributed by atoms with van der Waals surface area (Å²) in [5.41, 5.74) is 0.254. The number of aliphatic hydroxyl groups is 1. The molecule has 0 saturated heterocycles. The van der Waals surface area contributed by atoms with E-state index in [0.29, 0.717) is 6.04 Å². The summed E-state index contributed by atoms with van der Waals surface area (Å²) in [4.78, 5) is 4.47. The Balaban J connectivity index is 2.40. The number of aromatic nitrogens is 2. The lowest BCUT2D eigenvalue weighted by Gasteiger charge is -2.18. The molecule has 1 aliphatic carbocycles. The topological polar surface area (TPSA) is 38.0 Å². The molecule has 0 spiro atoms. The molecule has 14 heavy (non-hydrogen) atoms. The Kier molecular flexibility index (Phi) is 2.14. The highest BCUT2D eigenvalue weighted by atomic mass is 16.3. The fraction of sp³-hybridized carbons (Fsp3) is 0.727. The lowest BCUT2D eigenvalue weighted by molar-refractivity contribution is 0.0645. The molecule has 1 aromatic heterocycles. The Labute approximate surface area is 84.8 Å². The van der Waals surface area contributed by atoms with E-state index in [4.69, 9.17) is 0 Å². The maximum Gasteiger partial charge on any atom is 0.140 e. The van der Waals surface area contributed by atoms with Crippen LogP contribution in [-0.4, -0.2) is 14.7 Å². The van der Waals surface area contributed by atoms with Crippen LogP contribution in [0.15, 0.2) is 6.20 Å². The summed E-state index contributed by atoms with van der Waals surface area (Å²) in [5, 5.41) is 9.97. The largest absolute Gasteiger partial charge is 0.383 e. The van der Waals surface area contributed by atoms with Gasteiger partial charge in [-0.3, -0.25) is 0 Å². The lowest BCUT2D eigenvalue weighted by atomic mass is 10.1. The van der Waals surface area contributed by atoms with Gasteiger partial charge in [-0.25, -0.2) is 4.98 Å². The molecule has 0 aliphatic heterocycles. The van der Waals surface area contributed by atoms with Crippen LogP contribution >= 0.6 is 0 Å². The summed E-state index contributed by atoms with van der Waals surface area (Å²) in [6.07, 6.45) is 5.47. The molecule has 2 rings (SSSR count). The van der Waals surface area contributed by atoms with Crippen LogP contribution < -0.4 is 0 Å². The smallest absolute Gasteiger partial charge is 0.140 e. The van der Waals surface area contributed by atoms with Gasteiger partial charge in [0.25, 0.3) is 0 Å². The highest BCUT2D eigenvalue weighted by Gasteiger charge is 2.31. The quantitative estimate of drug-likeness (QED) is 0.799. The van der Waals surface area contributed by atoms with Crippen molar-refractivity contribution < 1.29 is 5.11 Å². The minimum absolute atomic E-state index is 0.587. The number of hydrogen-bond donors (Lipinski definition) is 1. The molecular formula is C11H18N2O. The number of hydrogen-bond acceptors (Lipinski definition) is 2. The Morgan fingerprint density at radius 1 is 1.57 bits per heavy atom. The number of nitrogens with zero attached hydrogens (tertiary/aromatic N) is 2. The van der Waals surface area contributed by atoms with Crippen LogP contribution in [0, 0.1) is 0 Å². The van der Waals surface area contributed by atoms with Crippen molar-refractivity contribution in [2.45, 2.75) is 51.7 Å². The van der Waals surface area contributed by atoms with Gasteiger partial charge in [0.05, 0.1) is 5.69 Å². The molecule has 1 heterocycles. The molecule has 1 fully saturated rings. The number of imidazole rings is 1. The molecule has 1 N–H and O–H groups in total.